The number of aromatic nitrogens is 2. The molecule has 19 heavy (non-hydrogen) atoms. The van der Waals surface area contributed by atoms with Gasteiger partial charge >= 0.3 is 0 Å². The van der Waals surface area contributed by atoms with Gasteiger partial charge in [0.2, 0.25) is 0 Å². The van der Waals surface area contributed by atoms with Gasteiger partial charge in [-0.1, -0.05) is 0 Å². The molecule has 1 saturated heterocycles. The first-order chi connectivity index (χ1) is 9.09. The third-order valence-electron chi connectivity index (χ3n) is 2.92. The summed E-state index contributed by atoms with van der Waals surface area (Å²) in [6, 6.07) is 3.97. The van der Waals surface area contributed by atoms with Gasteiger partial charge in [0, 0.05) is 19.2 Å². The highest BCUT2D eigenvalue weighted by atomic mass is 16.5. The van der Waals surface area contributed by atoms with Crippen molar-refractivity contribution in [3.63, 3.8) is 0 Å². The van der Waals surface area contributed by atoms with Gasteiger partial charge in [0.25, 0.3) is 0 Å². The summed E-state index contributed by atoms with van der Waals surface area (Å²) in [5.74, 6) is 1.37. The zero-order valence-electron chi connectivity index (χ0n) is 11.3. The van der Waals surface area contributed by atoms with Crippen molar-refractivity contribution in [3.8, 4) is 6.07 Å². The van der Waals surface area contributed by atoms with Crippen LogP contribution in [0.3, 0.4) is 0 Å². The molecular formula is C13H19N5O. The normalized spacial score (nSPS) is 18.9. The van der Waals surface area contributed by atoms with Gasteiger partial charge in [-0.15, -0.1) is 0 Å². The van der Waals surface area contributed by atoms with Crippen molar-refractivity contribution in [3.05, 3.63) is 12.4 Å². The van der Waals surface area contributed by atoms with E-state index in [9.17, 15) is 0 Å². The molecule has 1 aromatic heterocycles. The third-order valence-corrected chi connectivity index (χ3v) is 2.92. The molecule has 1 aromatic rings. The molecule has 2 heterocycles. The maximum absolute atomic E-state index is 8.98. The summed E-state index contributed by atoms with van der Waals surface area (Å²) in [5, 5.41) is 15.3. The van der Waals surface area contributed by atoms with Crippen molar-refractivity contribution in [2.45, 2.75) is 38.3 Å². The molecule has 1 unspecified atom stereocenters. The Morgan fingerprint density at radius 3 is 2.95 bits per heavy atom. The van der Waals surface area contributed by atoms with E-state index in [2.05, 4.69) is 26.7 Å². The van der Waals surface area contributed by atoms with E-state index in [-0.39, 0.29) is 6.10 Å². The lowest BCUT2D eigenvalue weighted by Gasteiger charge is -2.18. The Bertz CT molecular complexity index is 462. The molecule has 0 aliphatic carbocycles. The molecule has 2 rings (SSSR count). The molecule has 0 bridgehead atoms. The minimum atomic E-state index is -0.653. The van der Waals surface area contributed by atoms with Crippen LogP contribution >= 0.6 is 0 Å². The van der Waals surface area contributed by atoms with Crippen molar-refractivity contribution in [2.75, 3.05) is 23.8 Å². The van der Waals surface area contributed by atoms with Crippen LogP contribution in [0.15, 0.2) is 12.4 Å². The maximum atomic E-state index is 8.98. The molecule has 0 aromatic carbocycles. The summed E-state index contributed by atoms with van der Waals surface area (Å²) in [6.07, 6.45) is 3.96. The summed E-state index contributed by atoms with van der Waals surface area (Å²) >= 11 is 0. The number of nitriles is 1. The maximum Gasteiger partial charge on any atom is 0.132 e. The quantitative estimate of drug-likeness (QED) is 0.840. The van der Waals surface area contributed by atoms with Gasteiger partial charge in [0.15, 0.2) is 0 Å². The van der Waals surface area contributed by atoms with Crippen molar-refractivity contribution >= 4 is 11.6 Å². The number of nitrogens with zero attached hydrogens (tertiary/aromatic N) is 3. The lowest BCUT2D eigenvalue weighted by Crippen LogP contribution is -2.29. The third kappa shape index (κ3) is 4.07. The summed E-state index contributed by atoms with van der Waals surface area (Å²) in [7, 11) is 0. The smallest absolute Gasteiger partial charge is 0.132 e. The Kier molecular flexibility index (Phi) is 4.17. The number of nitrogens with one attached hydrogen (secondary N) is 2. The van der Waals surface area contributed by atoms with Crippen LogP contribution in [0, 0.1) is 11.3 Å². The van der Waals surface area contributed by atoms with Crippen molar-refractivity contribution in [1.82, 2.24) is 9.97 Å². The molecule has 6 heteroatoms. The molecule has 0 saturated carbocycles. The van der Waals surface area contributed by atoms with E-state index in [0.717, 1.165) is 31.8 Å². The van der Waals surface area contributed by atoms with Crippen LogP contribution in [0.1, 0.15) is 26.7 Å². The van der Waals surface area contributed by atoms with E-state index >= 15 is 0 Å². The molecule has 1 fully saturated rings. The molecular weight excluding hydrogens is 242 g/mol. The fraction of sp³-hybridized carbons (Fsp3) is 0.615. The largest absolute Gasteiger partial charge is 0.376 e. The van der Waals surface area contributed by atoms with E-state index in [1.807, 2.05) is 0 Å². The predicted molar refractivity (Wildman–Crippen MR) is 72.8 cm³/mol. The SMILES string of the molecule is CC(C)(C#N)Nc1cc(NCC2CCCO2)ncn1. The van der Waals surface area contributed by atoms with Gasteiger partial charge < -0.3 is 15.4 Å². The van der Waals surface area contributed by atoms with Crippen LogP contribution in [0.2, 0.25) is 0 Å². The lowest BCUT2D eigenvalue weighted by atomic mass is 10.1. The van der Waals surface area contributed by atoms with Gasteiger partial charge in [-0.3, -0.25) is 0 Å². The highest BCUT2D eigenvalue weighted by Gasteiger charge is 2.17. The Morgan fingerprint density at radius 2 is 2.26 bits per heavy atom. The first-order valence-corrected chi connectivity index (χ1v) is 6.46. The molecule has 102 valence electrons. The van der Waals surface area contributed by atoms with Gasteiger partial charge in [0.05, 0.1) is 12.2 Å². The topological polar surface area (TPSA) is 82.9 Å². The minimum absolute atomic E-state index is 0.266. The zero-order chi connectivity index (χ0) is 13.7. The number of hydrogen-bond acceptors (Lipinski definition) is 6. The van der Waals surface area contributed by atoms with Crippen LogP contribution in [-0.4, -0.2) is 34.8 Å². The van der Waals surface area contributed by atoms with Crippen LogP contribution in [-0.2, 0) is 4.74 Å². The van der Waals surface area contributed by atoms with Gasteiger partial charge in [-0.25, -0.2) is 9.97 Å². The molecule has 2 N–H and O–H groups in total. The Balaban J connectivity index is 1.93. The van der Waals surface area contributed by atoms with Gasteiger partial charge in [-0.05, 0) is 26.7 Å². The second-order valence-corrected chi connectivity index (χ2v) is 5.17. The van der Waals surface area contributed by atoms with E-state index in [1.165, 1.54) is 6.33 Å². The molecule has 1 aliphatic heterocycles. The summed E-state index contributed by atoms with van der Waals surface area (Å²) in [5.41, 5.74) is -0.653. The van der Waals surface area contributed by atoms with Crippen LogP contribution in [0.5, 0.6) is 0 Å². The average molecular weight is 261 g/mol. The average Bonchev–Trinajstić information content (AvgIpc) is 2.89. The molecule has 0 amide bonds. The van der Waals surface area contributed by atoms with Gasteiger partial charge in [0.1, 0.15) is 23.5 Å². The number of rotatable bonds is 5. The second-order valence-electron chi connectivity index (χ2n) is 5.17. The first-order valence-electron chi connectivity index (χ1n) is 6.46. The summed E-state index contributed by atoms with van der Waals surface area (Å²) in [6.45, 7) is 5.19. The zero-order valence-corrected chi connectivity index (χ0v) is 11.3. The monoisotopic (exact) mass is 261 g/mol. The van der Waals surface area contributed by atoms with Crippen LogP contribution < -0.4 is 10.6 Å². The number of anilines is 2. The van der Waals surface area contributed by atoms with Crippen LogP contribution in [0.4, 0.5) is 11.6 Å². The molecule has 1 aliphatic rings. The van der Waals surface area contributed by atoms with Crippen molar-refractivity contribution < 1.29 is 4.74 Å². The van der Waals surface area contributed by atoms with Crippen molar-refractivity contribution in [2.24, 2.45) is 0 Å². The molecule has 0 radical (unpaired) electrons. The van der Waals surface area contributed by atoms with Gasteiger partial charge in [-0.2, -0.15) is 5.26 Å². The fourth-order valence-corrected chi connectivity index (χ4v) is 1.89. The van der Waals surface area contributed by atoms with E-state index in [0.29, 0.717) is 5.82 Å². The summed E-state index contributed by atoms with van der Waals surface area (Å²) in [4.78, 5) is 8.26. The van der Waals surface area contributed by atoms with E-state index in [1.54, 1.807) is 19.9 Å². The fourth-order valence-electron chi connectivity index (χ4n) is 1.89. The Morgan fingerprint density at radius 1 is 1.47 bits per heavy atom. The predicted octanol–water partition coefficient (Wildman–Crippen LogP) is 1.78. The Hall–Kier alpha value is -1.87. The van der Waals surface area contributed by atoms with E-state index in [4.69, 9.17) is 10.00 Å². The first kappa shape index (κ1) is 13.6. The van der Waals surface area contributed by atoms with E-state index < -0.39 is 5.54 Å². The summed E-state index contributed by atoms with van der Waals surface area (Å²) < 4.78 is 5.54. The number of hydrogen-bond donors (Lipinski definition) is 2. The molecule has 6 nitrogen and oxygen atoms in total. The minimum Gasteiger partial charge on any atom is -0.376 e. The highest BCUT2D eigenvalue weighted by Crippen LogP contribution is 2.16. The highest BCUT2D eigenvalue weighted by molar-refractivity contribution is 5.48. The second kappa shape index (κ2) is 5.85. The molecule has 0 spiro atoms. The van der Waals surface area contributed by atoms with Crippen LogP contribution in [0.25, 0.3) is 0 Å². The molecule has 1 atom stereocenters. The Labute approximate surface area is 113 Å². The lowest BCUT2D eigenvalue weighted by molar-refractivity contribution is 0.120. The van der Waals surface area contributed by atoms with Crippen molar-refractivity contribution in [1.29, 1.82) is 5.26 Å². The standard InChI is InChI=1S/C13H19N5O/c1-13(2,8-14)18-12-6-11(16-9-17-12)15-7-10-4-3-5-19-10/h6,9-10H,3-5,7H2,1-2H3,(H2,15,16,17,18). The number of ether oxygens (including phenoxy) is 1.